The van der Waals surface area contributed by atoms with E-state index in [4.69, 9.17) is 14.2 Å². The fourth-order valence-electron chi connectivity index (χ4n) is 3.32. The maximum absolute atomic E-state index is 13.4. The van der Waals surface area contributed by atoms with Gasteiger partial charge in [-0.3, -0.25) is 4.90 Å². The summed E-state index contributed by atoms with van der Waals surface area (Å²) in [5.74, 6) is -1.30. The van der Waals surface area contributed by atoms with E-state index < -0.39 is 35.7 Å². The van der Waals surface area contributed by atoms with E-state index in [9.17, 15) is 14.4 Å². The van der Waals surface area contributed by atoms with Gasteiger partial charge in [-0.25, -0.2) is 14.4 Å². The van der Waals surface area contributed by atoms with Gasteiger partial charge in [-0.05, 0) is 31.9 Å². The molecule has 0 saturated heterocycles. The number of esters is 2. The van der Waals surface area contributed by atoms with E-state index in [1.807, 2.05) is 60.7 Å². The molecule has 0 bridgehead atoms. The van der Waals surface area contributed by atoms with E-state index in [2.05, 4.69) is 0 Å². The van der Waals surface area contributed by atoms with Crippen LogP contribution in [-0.2, 0) is 36.6 Å². The summed E-state index contributed by atoms with van der Waals surface area (Å²) in [6, 6.07) is 16.2. The van der Waals surface area contributed by atoms with Gasteiger partial charge in [0, 0.05) is 12.8 Å². The minimum atomic E-state index is -1.09. The molecule has 0 aliphatic heterocycles. The minimum Gasteiger partial charge on any atom is -0.467 e. The first-order valence-electron chi connectivity index (χ1n) is 10.4. The molecule has 2 aromatic rings. The van der Waals surface area contributed by atoms with Gasteiger partial charge in [0.25, 0.3) is 0 Å². The van der Waals surface area contributed by atoms with Gasteiger partial charge >= 0.3 is 18.0 Å². The number of hydrogen-bond acceptors (Lipinski definition) is 6. The lowest BCUT2D eigenvalue weighted by Gasteiger charge is -2.36. The molecule has 0 spiro atoms. The molecule has 172 valence electrons. The topological polar surface area (TPSA) is 82.1 Å². The van der Waals surface area contributed by atoms with Crippen molar-refractivity contribution in [1.29, 1.82) is 0 Å². The van der Waals surface area contributed by atoms with Gasteiger partial charge in [0.2, 0.25) is 0 Å². The SMILES string of the molecule is COC(=O)[C@@H](Cc1ccccc1)N(C(=O)OC(C)(C)C)[C@H](Cc1ccccc1)C(=O)OC. The maximum atomic E-state index is 13.4. The number of hydrogen-bond donors (Lipinski definition) is 0. The Morgan fingerprint density at radius 3 is 1.44 bits per heavy atom. The standard InChI is InChI=1S/C25H31NO6/c1-25(2,3)32-24(29)26(20(22(27)30-4)16-18-12-8-6-9-13-18)21(23(28)31-5)17-19-14-10-7-11-15-19/h6-15,20-21H,16-17H2,1-5H3/t20-,21-/m1/s1. The van der Waals surface area contributed by atoms with Crippen LogP contribution in [0.3, 0.4) is 0 Å². The highest BCUT2D eigenvalue weighted by atomic mass is 16.6. The van der Waals surface area contributed by atoms with Crippen LogP contribution < -0.4 is 0 Å². The van der Waals surface area contributed by atoms with Crippen molar-refractivity contribution < 1.29 is 28.6 Å². The number of benzene rings is 2. The maximum Gasteiger partial charge on any atom is 0.411 e. The van der Waals surface area contributed by atoms with Crippen molar-refractivity contribution in [2.24, 2.45) is 0 Å². The second-order valence-corrected chi connectivity index (χ2v) is 8.34. The van der Waals surface area contributed by atoms with Crippen LogP contribution in [0.5, 0.6) is 0 Å². The zero-order valence-electron chi connectivity index (χ0n) is 19.2. The monoisotopic (exact) mass is 441 g/mol. The summed E-state index contributed by atoms with van der Waals surface area (Å²) in [6.07, 6.45) is -0.500. The van der Waals surface area contributed by atoms with Crippen LogP contribution in [0.15, 0.2) is 60.7 Å². The van der Waals surface area contributed by atoms with Gasteiger partial charge in [0.15, 0.2) is 0 Å². The van der Waals surface area contributed by atoms with Crippen LogP contribution >= 0.6 is 0 Å². The van der Waals surface area contributed by atoms with Crippen LogP contribution in [0, 0.1) is 0 Å². The average molecular weight is 442 g/mol. The van der Waals surface area contributed by atoms with E-state index in [0.717, 1.165) is 16.0 Å². The Labute approximate surface area is 189 Å². The summed E-state index contributed by atoms with van der Waals surface area (Å²) in [5.41, 5.74) is 0.774. The van der Waals surface area contributed by atoms with Crippen molar-refractivity contribution in [3.8, 4) is 0 Å². The van der Waals surface area contributed by atoms with E-state index >= 15 is 0 Å². The van der Waals surface area contributed by atoms with Gasteiger partial charge in [-0.1, -0.05) is 60.7 Å². The third-order valence-corrected chi connectivity index (χ3v) is 4.77. The zero-order valence-corrected chi connectivity index (χ0v) is 19.2. The number of nitrogens with zero attached hydrogens (tertiary/aromatic N) is 1. The first-order valence-corrected chi connectivity index (χ1v) is 10.4. The second kappa shape index (κ2) is 11.3. The summed E-state index contributed by atoms with van der Waals surface area (Å²) in [5, 5.41) is 0. The Morgan fingerprint density at radius 1 is 0.750 bits per heavy atom. The molecule has 2 rings (SSSR count). The van der Waals surface area contributed by atoms with Gasteiger partial charge in [-0.15, -0.1) is 0 Å². The predicted octanol–water partition coefficient (Wildman–Crippen LogP) is 3.79. The first kappa shape index (κ1) is 24.9. The number of methoxy groups -OCH3 is 2. The molecular formula is C25H31NO6. The minimum absolute atomic E-state index is 0.148. The highest BCUT2D eigenvalue weighted by Crippen LogP contribution is 2.22. The second-order valence-electron chi connectivity index (χ2n) is 8.34. The summed E-state index contributed by atoms with van der Waals surface area (Å²) >= 11 is 0. The van der Waals surface area contributed by atoms with Crippen LogP contribution in [0.4, 0.5) is 4.79 Å². The van der Waals surface area contributed by atoms with Crippen molar-refractivity contribution in [3.63, 3.8) is 0 Å². The lowest BCUT2D eigenvalue weighted by atomic mass is 9.99. The van der Waals surface area contributed by atoms with E-state index in [0.29, 0.717) is 0 Å². The quantitative estimate of drug-likeness (QED) is 0.458. The molecule has 2 aromatic carbocycles. The summed E-state index contributed by atoms with van der Waals surface area (Å²) in [7, 11) is 2.50. The third kappa shape index (κ3) is 7.11. The fourth-order valence-corrected chi connectivity index (χ4v) is 3.32. The molecule has 0 unspecified atom stereocenters. The average Bonchev–Trinajstić information content (AvgIpc) is 2.77. The van der Waals surface area contributed by atoms with Crippen LogP contribution in [0.2, 0.25) is 0 Å². The molecular weight excluding hydrogens is 410 g/mol. The van der Waals surface area contributed by atoms with Crippen LogP contribution in [-0.4, -0.2) is 54.8 Å². The Hall–Kier alpha value is -3.35. The molecule has 7 nitrogen and oxygen atoms in total. The van der Waals surface area contributed by atoms with Gasteiger partial charge in [0.1, 0.15) is 17.7 Å². The molecule has 0 N–H and O–H groups in total. The molecule has 7 heteroatoms. The number of rotatable bonds is 8. The normalized spacial score (nSPS) is 12.9. The van der Waals surface area contributed by atoms with Crippen molar-refractivity contribution in [2.45, 2.75) is 51.3 Å². The van der Waals surface area contributed by atoms with Crippen molar-refractivity contribution >= 4 is 18.0 Å². The van der Waals surface area contributed by atoms with E-state index in [1.54, 1.807) is 20.8 Å². The van der Waals surface area contributed by atoms with Gasteiger partial charge < -0.3 is 14.2 Å². The number of ether oxygens (including phenoxy) is 3. The summed E-state index contributed by atoms with van der Waals surface area (Å²) < 4.78 is 15.6. The Morgan fingerprint density at radius 2 is 1.12 bits per heavy atom. The molecule has 0 saturated carbocycles. The molecule has 0 aromatic heterocycles. The lowest BCUT2D eigenvalue weighted by Crippen LogP contribution is -2.57. The van der Waals surface area contributed by atoms with Gasteiger partial charge in [0.05, 0.1) is 14.2 Å². The van der Waals surface area contributed by atoms with E-state index in [-0.39, 0.29) is 12.8 Å². The molecule has 0 aliphatic carbocycles. The largest absolute Gasteiger partial charge is 0.467 e. The number of carbonyl (C=O) groups excluding carboxylic acids is 3. The van der Waals surface area contributed by atoms with Crippen LogP contribution in [0.25, 0.3) is 0 Å². The lowest BCUT2D eigenvalue weighted by molar-refractivity contribution is -0.154. The van der Waals surface area contributed by atoms with Crippen molar-refractivity contribution in [2.75, 3.05) is 14.2 Å². The molecule has 2 atom stereocenters. The Kier molecular flexibility index (Phi) is 8.81. The molecule has 0 radical (unpaired) electrons. The molecule has 0 fully saturated rings. The Bertz CT molecular complexity index is 830. The third-order valence-electron chi connectivity index (χ3n) is 4.77. The molecule has 32 heavy (non-hydrogen) atoms. The Balaban J connectivity index is 2.55. The van der Waals surface area contributed by atoms with Gasteiger partial charge in [-0.2, -0.15) is 0 Å². The molecule has 0 heterocycles. The zero-order chi connectivity index (χ0) is 23.7. The summed E-state index contributed by atoms with van der Waals surface area (Å²) in [4.78, 5) is 40.3. The van der Waals surface area contributed by atoms with Crippen molar-refractivity contribution in [1.82, 2.24) is 4.90 Å². The molecule has 1 amide bonds. The smallest absolute Gasteiger partial charge is 0.411 e. The van der Waals surface area contributed by atoms with Crippen LogP contribution in [0.1, 0.15) is 31.9 Å². The summed E-state index contributed by atoms with van der Waals surface area (Å²) in [6.45, 7) is 5.16. The highest BCUT2D eigenvalue weighted by molar-refractivity contribution is 5.87. The fraction of sp³-hybridized carbons (Fsp3) is 0.400. The number of carbonyl (C=O) groups is 3. The first-order chi connectivity index (χ1) is 15.2. The highest BCUT2D eigenvalue weighted by Gasteiger charge is 2.42. The van der Waals surface area contributed by atoms with Crippen molar-refractivity contribution in [3.05, 3.63) is 71.8 Å². The predicted molar refractivity (Wildman–Crippen MR) is 120 cm³/mol. The molecule has 0 aliphatic rings. The number of amides is 1. The van der Waals surface area contributed by atoms with E-state index in [1.165, 1.54) is 14.2 Å².